The SMILES string of the molecule is COCCn1nc(-c2ccc(N/C=C/c3cc(-c4noc(C5CC(F)(F)C5)n4)ccc3C)nc2)nc1C.NC=O. The highest BCUT2D eigenvalue weighted by Gasteiger charge is 2.48. The fraction of sp³-hybridized carbons (Fsp3) is 0.333. The van der Waals surface area contributed by atoms with Gasteiger partial charge in [0.15, 0.2) is 5.82 Å². The summed E-state index contributed by atoms with van der Waals surface area (Å²) in [5.41, 5.74) is 7.74. The molecule has 0 bridgehead atoms. The quantitative estimate of drug-likeness (QED) is 0.289. The number of amides is 1. The molecule has 11 nitrogen and oxygen atoms in total. The van der Waals surface area contributed by atoms with Gasteiger partial charge in [-0.15, -0.1) is 0 Å². The number of aryl methyl sites for hydroxylation is 2. The Hall–Kier alpha value is -4.52. The van der Waals surface area contributed by atoms with E-state index in [1.165, 1.54) is 0 Å². The summed E-state index contributed by atoms with van der Waals surface area (Å²) in [6.45, 7) is 5.11. The lowest BCUT2D eigenvalue weighted by Crippen LogP contribution is -2.33. The van der Waals surface area contributed by atoms with Gasteiger partial charge in [-0.3, -0.25) is 4.79 Å². The highest BCUT2D eigenvalue weighted by atomic mass is 19.3. The number of nitrogens with zero attached hydrogens (tertiary/aromatic N) is 6. The van der Waals surface area contributed by atoms with Gasteiger partial charge in [-0.1, -0.05) is 17.3 Å². The number of nitrogens with one attached hydrogen (secondary N) is 1. The third-order valence-corrected chi connectivity index (χ3v) is 6.30. The van der Waals surface area contributed by atoms with Gasteiger partial charge in [-0.05, 0) is 49.2 Å². The van der Waals surface area contributed by atoms with E-state index in [9.17, 15) is 8.78 Å². The Morgan fingerprint density at radius 2 is 1.93 bits per heavy atom. The lowest BCUT2D eigenvalue weighted by Gasteiger charge is -2.31. The Kier molecular flexibility index (Phi) is 8.94. The van der Waals surface area contributed by atoms with E-state index in [1.54, 1.807) is 19.5 Å². The number of rotatable bonds is 9. The third-order valence-electron chi connectivity index (χ3n) is 6.30. The molecule has 1 amide bonds. The Morgan fingerprint density at radius 3 is 2.60 bits per heavy atom. The molecule has 1 aliphatic carbocycles. The maximum atomic E-state index is 13.2. The molecule has 0 saturated heterocycles. The van der Waals surface area contributed by atoms with E-state index in [4.69, 9.17) is 14.1 Å². The zero-order valence-corrected chi connectivity index (χ0v) is 22.3. The van der Waals surface area contributed by atoms with Gasteiger partial charge in [0, 0.05) is 49.4 Å². The number of carbonyl (C=O) groups excluding carboxylic acids is 1. The number of benzene rings is 1. The van der Waals surface area contributed by atoms with Crippen LogP contribution in [-0.2, 0) is 16.1 Å². The smallest absolute Gasteiger partial charge is 0.249 e. The molecule has 3 heterocycles. The first kappa shape index (κ1) is 28.5. The number of anilines is 1. The van der Waals surface area contributed by atoms with Crippen LogP contribution < -0.4 is 11.1 Å². The number of pyridine rings is 1. The summed E-state index contributed by atoms with van der Waals surface area (Å²) in [4.78, 5) is 21.9. The molecule has 1 saturated carbocycles. The van der Waals surface area contributed by atoms with Gasteiger partial charge in [-0.2, -0.15) is 10.1 Å². The van der Waals surface area contributed by atoms with E-state index in [1.807, 2.05) is 54.9 Å². The zero-order chi connectivity index (χ0) is 28.7. The molecule has 0 aliphatic heterocycles. The number of hydrogen-bond acceptors (Lipinski definition) is 9. The molecule has 3 N–H and O–H groups in total. The molecule has 210 valence electrons. The second-order valence-corrected chi connectivity index (χ2v) is 9.23. The zero-order valence-electron chi connectivity index (χ0n) is 22.3. The van der Waals surface area contributed by atoms with E-state index in [2.05, 4.69) is 36.3 Å². The van der Waals surface area contributed by atoms with E-state index in [0.717, 1.165) is 28.1 Å². The lowest BCUT2D eigenvalue weighted by atomic mass is 9.81. The van der Waals surface area contributed by atoms with Crippen molar-refractivity contribution in [3.05, 3.63) is 65.6 Å². The molecule has 40 heavy (non-hydrogen) atoms. The summed E-state index contributed by atoms with van der Waals surface area (Å²) in [6, 6.07) is 9.55. The minimum atomic E-state index is -2.63. The summed E-state index contributed by atoms with van der Waals surface area (Å²) in [5, 5.41) is 11.7. The first-order valence-corrected chi connectivity index (χ1v) is 12.5. The number of primary amides is 1. The second kappa shape index (κ2) is 12.6. The maximum Gasteiger partial charge on any atom is 0.249 e. The largest absolute Gasteiger partial charge is 0.383 e. The number of carbonyl (C=O) groups is 1. The second-order valence-electron chi connectivity index (χ2n) is 9.23. The fourth-order valence-corrected chi connectivity index (χ4v) is 4.07. The van der Waals surface area contributed by atoms with Crippen LogP contribution in [0, 0.1) is 13.8 Å². The summed E-state index contributed by atoms with van der Waals surface area (Å²) < 4.78 is 38.5. The number of ether oxygens (including phenoxy) is 1. The van der Waals surface area contributed by atoms with E-state index in [0.29, 0.717) is 30.6 Å². The predicted molar refractivity (Wildman–Crippen MR) is 144 cm³/mol. The van der Waals surface area contributed by atoms with Gasteiger partial charge in [0.2, 0.25) is 24.0 Å². The lowest BCUT2D eigenvalue weighted by molar-refractivity contribution is -0.106. The number of methoxy groups -OCH3 is 1. The van der Waals surface area contributed by atoms with Gasteiger partial charge in [-0.25, -0.2) is 23.4 Å². The summed E-state index contributed by atoms with van der Waals surface area (Å²) in [7, 11) is 1.65. The van der Waals surface area contributed by atoms with Crippen molar-refractivity contribution >= 4 is 18.3 Å². The Balaban J connectivity index is 0.00000118. The molecule has 0 atom stereocenters. The molecule has 4 aromatic rings. The number of aromatic nitrogens is 6. The van der Waals surface area contributed by atoms with Crippen LogP contribution in [0.15, 0.2) is 47.3 Å². The van der Waals surface area contributed by atoms with Gasteiger partial charge < -0.3 is 20.3 Å². The number of halogens is 2. The van der Waals surface area contributed by atoms with Crippen molar-refractivity contribution in [3.63, 3.8) is 0 Å². The Morgan fingerprint density at radius 1 is 1.18 bits per heavy atom. The van der Waals surface area contributed by atoms with Crippen LogP contribution in [0.1, 0.15) is 41.6 Å². The molecule has 0 unspecified atom stereocenters. The first-order chi connectivity index (χ1) is 19.2. The van der Waals surface area contributed by atoms with Crippen LogP contribution in [0.5, 0.6) is 0 Å². The standard InChI is InChI=1S/C26H27F2N7O2.CH3NO/c1-16-4-5-19(24-32-25(37-34-24)21-13-26(27,28)14-21)12-18(16)8-9-29-22-7-6-20(15-30-22)23-31-17(2)35(33-23)10-11-36-3;2-1-3/h4-9,12,15,21H,10-11,13-14H2,1-3H3,(H,29,30);1H,(H2,2,3)/b9-8+;. The topological polar surface area (TPSA) is 147 Å². The normalized spacial score (nSPS) is 14.4. The van der Waals surface area contributed by atoms with Crippen molar-refractivity contribution in [1.29, 1.82) is 0 Å². The summed E-state index contributed by atoms with van der Waals surface area (Å²) in [5.74, 6) is -0.255. The molecule has 13 heteroatoms. The number of hydrogen-bond donors (Lipinski definition) is 2. The van der Waals surface area contributed by atoms with Crippen molar-refractivity contribution in [2.75, 3.05) is 19.0 Å². The molecule has 1 aromatic carbocycles. The number of alkyl halides is 2. The van der Waals surface area contributed by atoms with Gasteiger partial charge in [0.1, 0.15) is 11.6 Å². The van der Waals surface area contributed by atoms with Crippen LogP contribution in [-0.4, -0.2) is 55.9 Å². The minimum Gasteiger partial charge on any atom is -0.383 e. The van der Waals surface area contributed by atoms with E-state index in [-0.39, 0.29) is 31.1 Å². The van der Waals surface area contributed by atoms with Crippen LogP contribution in [0.4, 0.5) is 14.6 Å². The fourth-order valence-electron chi connectivity index (χ4n) is 4.07. The molecule has 3 aromatic heterocycles. The average molecular weight is 553 g/mol. The molecule has 1 fully saturated rings. The third kappa shape index (κ3) is 6.91. The molecular weight excluding hydrogens is 522 g/mol. The Bertz CT molecular complexity index is 1460. The molecular formula is C27H30F2N8O3. The van der Waals surface area contributed by atoms with E-state index < -0.39 is 5.92 Å². The maximum absolute atomic E-state index is 13.2. The van der Waals surface area contributed by atoms with Gasteiger partial charge >= 0.3 is 0 Å². The van der Waals surface area contributed by atoms with Gasteiger partial charge in [0.05, 0.1) is 13.2 Å². The molecule has 0 spiro atoms. The van der Waals surface area contributed by atoms with Crippen molar-refractivity contribution in [3.8, 4) is 22.8 Å². The summed E-state index contributed by atoms with van der Waals surface area (Å²) in [6.07, 6.45) is 5.21. The van der Waals surface area contributed by atoms with Crippen LogP contribution in [0.3, 0.4) is 0 Å². The van der Waals surface area contributed by atoms with Gasteiger partial charge in [0.25, 0.3) is 0 Å². The monoisotopic (exact) mass is 552 g/mol. The van der Waals surface area contributed by atoms with Crippen LogP contribution in [0.2, 0.25) is 0 Å². The molecule has 5 rings (SSSR count). The highest BCUT2D eigenvalue weighted by Crippen LogP contribution is 2.47. The predicted octanol–water partition coefficient (Wildman–Crippen LogP) is 4.35. The van der Waals surface area contributed by atoms with E-state index >= 15 is 0 Å². The average Bonchev–Trinajstić information content (AvgIpc) is 3.55. The highest BCUT2D eigenvalue weighted by molar-refractivity contribution is 5.65. The van der Waals surface area contributed by atoms with Crippen LogP contribution >= 0.6 is 0 Å². The van der Waals surface area contributed by atoms with Crippen molar-refractivity contribution < 1.29 is 22.8 Å². The molecule has 1 aliphatic rings. The van der Waals surface area contributed by atoms with Crippen molar-refractivity contribution in [2.24, 2.45) is 5.73 Å². The first-order valence-electron chi connectivity index (χ1n) is 12.5. The number of nitrogens with two attached hydrogens (primary N) is 1. The summed E-state index contributed by atoms with van der Waals surface area (Å²) >= 11 is 0. The van der Waals surface area contributed by atoms with Crippen LogP contribution in [0.25, 0.3) is 28.9 Å². The van der Waals surface area contributed by atoms with Crippen molar-refractivity contribution in [1.82, 2.24) is 29.9 Å². The minimum absolute atomic E-state index is 0.245. The van der Waals surface area contributed by atoms with Crippen molar-refractivity contribution in [2.45, 2.75) is 45.1 Å². The molecule has 0 radical (unpaired) electrons. The Labute approximate surface area is 229 Å².